The molecule has 3 aromatic rings. The van der Waals surface area contributed by atoms with Crippen molar-refractivity contribution < 1.29 is 9.18 Å². The molecule has 0 spiro atoms. The Bertz CT molecular complexity index is 820. The Morgan fingerprint density at radius 2 is 2.05 bits per heavy atom. The van der Waals surface area contributed by atoms with Crippen LogP contribution in [0.3, 0.4) is 0 Å². The van der Waals surface area contributed by atoms with Crippen molar-refractivity contribution in [1.82, 2.24) is 9.97 Å². The van der Waals surface area contributed by atoms with Crippen molar-refractivity contribution in [3.05, 3.63) is 64.5 Å². The van der Waals surface area contributed by atoms with Crippen molar-refractivity contribution in [3.8, 4) is 11.3 Å². The van der Waals surface area contributed by atoms with Crippen molar-refractivity contribution >= 4 is 34.0 Å². The van der Waals surface area contributed by atoms with Gasteiger partial charge < -0.3 is 0 Å². The van der Waals surface area contributed by atoms with Crippen LogP contribution >= 0.6 is 22.9 Å². The average molecular weight is 334 g/mol. The van der Waals surface area contributed by atoms with Crippen molar-refractivity contribution in [3.63, 3.8) is 0 Å². The lowest BCUT2D eigenvalue weighted by molar-refractivity contribution is 0.102. The van der Waals surface area contributed by atoms with Gasteiger partial charge in [-0.25, -0.2) is 14.4 Å². The highest BCUT2D eigenvalue weighted by Crippen LogP contribution is 2.30. The summed E-state index contributed by atoms with van der Waals surface area (Å²) in [5.74, 6) is -0.938. The van der Waals surface area contributed by atoms with E-state index >= 15 is 0 Å². The predicted octanol–water partition coefficient (Wildman–Crippen LogP) is 4.25. The second-order valence-electron chi connectivity index (χ2n) is 4.33. The Kier molecular flexibility index (Phi) is 4.13. The van der Waals surface area contributed by atoms with Crippen LogP contribution in [0.4, 0.5) is 9.52 Å². The zero-order valence-corrected chi connectivity index (χ0v) is 12.7. The molecule has 110 valence electrons. The summed E-state index contributed by atoms with van der Waals surface area (Å²) in [6.45, 7) is 0. The van der Waals surface area contributed by atoms with E-state index in [1.54, 1.807) is 11.4 Å². The van der Waals surface area contributed by atoms with Crippen molar-refractivity contribution in [2.75, 3.05) is 5.32 Å². The van der Waals surface area contributed by atoms with Gasteiger partial charge in [-0.3, -0.25) is 10.1 Å². The summed E-state index contributed by atoms with van der Waals surface area (Å²) < 4.78 is 12.8. The standard InChI is InChI=1S/C15H9ClFN3OS/c16-11-4-2-1-3-10(11)13-8-22-15(19-13)20-14(21)12-6-5-9(17)7-18-12/h1-8H,(H,19,20,21). The topological polar surface area (TPSA) is 54.9 Å². The zero-order chi connectivity index (χ0) is 15.5. The Hall–Kier alpha value is -2.31. The van der Waals surface area contributed by atoms with Gasteiger partial charge in [-0.15, -0.1) is 11.3 Å². The van der Waals surface area contributed by atoms with E-state index in [9.17, 15) is 9.18 Å². The van der Waals surface area contributed by atoms with Gasteiger partial charge in [-0.2, -0.15) is 0 Å². The van der Waals surface area contributed by atoms with Crippen LogP contribution in [0.1, 0.15) is 10.5 Å². The smallest absolute Gasteiger partial charge is 0.276 e. The maximum absolute atomic E-state index is 12.8. The lowest BCUT2D eigenvalue weighted by Crippen LogP contribution is -2.13. The predicted molar refractivity (Wildman–Crippen MR) is 84.7 cm³/mol. The number of pyridine rings is 1. The highest BCUT2D eigenvalue weighted by atomic mass is 35.5. The van der Waals surface area contributed by atoms with E-state index in [1.807, 2.05) is 18.2 Å². The Morgan fingerprint density at radius 1 is 1.23 bits per heavy atom. The molecule has 0 fully saturated rings. The third kappa shape index (κ3) is 3.13. The Balaban J connectivity index is 1.78. The zero-order valence-electron chi connectivity index (χ0n) is 11.1. The van der Waals surface area contributed by atoms with Crippen LogP contribution in [-0.4, -0.2) is 15.9 Å². The third-order valence-corrected chi connectivity index (χ3v) is 3.92. The number of benzene rings is 1. The van der Waals surface area contributed by atoms with Crippen LogP contribution in [0.15, 0.2) is 48.0 Å². The van der Waals surface area contributed by atoms with Gasteiger partial charge in [0.15, 0.2) is 5.13 Å². The molecule has 0 bridgehead atoms. The fraction of sp³-hybridized carbons (Fsp3) is 0. The lowest BCUT2D eigenvalue weighted by atomic mass is 10.2. The molecule has 0 saturated heterocycles. The minimum Gasteiger partial charge on any atom is -0.296 e. The van der Waals surface area contributed by atoms with Gasteiger partial charge in [0.1, 0.15) is 11.5 Å². The number of carbonyl (C=O) groups excluding carboxylic acids is 1. The molecule has 0 radical (unpaired) electrons. The molecule has 3 rings (SSSR count). The molecule has 2 aromatic heterocycles. The molecule has 0 saturated carbocycles. The first-order chi connectivity index (χ1) is 10.6. The number of thiazole rings is 1. The van der Waals surface area contributed by atoms with Crippen LogP contribution in [0.2, 0.25) is 5.02 Å². The number of carbonyl (C=O) groups is 1. The first-order valence-corrected chi connectivity index (χ1v) is 7.52. The summed E-state index contributed by atoms with van der Waals surface area (Å²) >= 11 is 7.39. The van der Waals surface area contributed by atoms with Crippen LogP contribution in [0, 0.1) is 5.82 Å². The normalized spacial score (nSPS) is 10.5. The molecule has 4 nitrogen and oxygen atoms in total. The number of hydrogen-bond acceptors (Lipinski definition) is 4. The fourth-order valence-electron chi connectivity index (χ4n) is 1.80. The van der Waals surface area contributed by atoms with Gasteiger partial charge in [-0.05, 0) is 18.2 Å². The molecule has 1 amide bonds. The highest BCUT2D eigenvalue weighted by Gasteiger charge is 2.12. The van der Waals surface area contributed by atoms with Crippen molar-refractivity contribution in [2.24, 2.45) is 0 Å². The van der Waals surface area contributed by atoms with Gasteiger partial charge in [0.25, 0.3) is 5.91 Å². The molecule has 0 unspecified atom stereocenters. The van der Waals surface area contributed by atoms with E-state index in [-0.39, 0.29) is 5.69 Å². The number of rotatable bonds is 3. The van der Waals surface area contributed by atoms with Crippen LogP contribution in [-0.2, 0) is 0 Å². The van der Waals surface area contributed by atoms with Crippen LogP contribution in [0.5, 0.6) is 0 Å². The van der Waals surface area contributed by atoms with Crippen molar-refractivity contribution in [2.45, 2.75) is 0 Å². The third-order valence-electron chi connectivity index (χ3n) is 2.83. The number of hydrogen-bond donors (Lipinski definition) is 1. The molecular formula is C15H9ClFN3OS. The quantitative estimate of drug-likeness (QED) is 0.779. The monoisotopic (exact) mass is 333 g/mol. The molecule has 2 heterocycles. The van der Waals surface area contributed by atoms with Gasteiger partial charge in [0.2, 0.25) is 0 Å². The van der Waals surface area contributed by atoms with E-state index in [2.05, 4.69) is 15.3 Å². The summed E-state index contributed by atoms with van der Waals surface area (Å²) in [5.41, 5.74) is 1.59. The average Bonchev–Trinajstić information content (AvgIpc) is 2.96. The summed E-state index contributed by atoms with van der Waals surface area (Å²) in [4.78, 5) is 20.0. The largest absolute Gasteiger partial charge is 0.296 e. The van der Waals surface area contributed by atoms with Crippen LogP contribution in [0.25, 0.3) is 11.3 Å². The molecule has 1 N–H and O–H groups in total. The van der Waals surface area contributed by atoms with E-state index in [0.717, 1.165) is 11.8 Å². The van der Waals surface area contributed by atoms with Gasteiger partial charge in [-0.1, -0.05) is 29.8 Å². The van der Waals surface area contributed by atoms with Crippen LogP contribution < -0.4 is 5.32 Å². The molecule has 0 aliphatic rings. The van der Waals surface area contributed by atoms with E-state index in [4.69, 9.17) is 11.6 Å². The first-order valence-electron chi connectivity index (χ1n) is 6.27. The summed E-state index contributed by atoms with van der Waals surface area (Å²) in [6.07, 6.45) is 0.992. The minimum absolute atomic E-state index is 0.121. The number of aromatic nitrogens is 2. The molecule has 0 atom stereocenters. The molecule has 0 aliphatic carbocycles. The highest BCUT2D eigenvalue weighted by molar-refractivity contribution is 7.14. The lowest BCUT2D eigenvalue weighted by Gasteiger charge is -2.01. The first kappa shape index (κ1) is 14.6. The molecule has 0 aliphatic heterocycles. The number of anilines is 1. The van der Waals surface area contributed by atoms with Crippen molar-refractivity contribution in [1.29, 1.82) is 0 Å². The summed E-state index contributed by atoms with van der Waals surface area (Å²) in [5, 5.41) is 5.44. The molecule has 7 heteroatoms. The van der Waals surface area contributed by atoms with E-state index in [1.165, 1.54) is 23.5 Å². The molecular weight excluding hydrogens is 325 g/mol. The van der Waals surface area contributed by atoms with Gasteiger partial charge >= 0.3 is 0 Å². The van der Waals surface area contributed by atoms with E-state index < -0.39 is 11.7 Å². The molecule has 1 aromatic carbocycles. The summed E-state index contributed by atoms with van der Waals surface area (Å²) in [6, 6.07) is 9.82. The number of nitrogens with zero attached hydrogens (tertiary/aromatic N) is 2. The van der Waals surface area contributed by atoms with E-state index in [0.29, 0.717) is 15.8 Å². The second-order valence-corrected chi connectivity index (χ2v) is 5.60. The Labute approximate surface area is 134 Å². The number of amides is 1. The fourth-order valence-corrected chi connectivity index (χ4v) is 2.73. The number of nitrogens with one attached hydrogen (secondary N) is 1. The maximum atomic E-state index is 12.8. The SMILES string of the molecule is O=C(Nc1nc(-c2ccccc2Cl)cs1)c1ccc(F)cn1. The maximum Gasteiger partial charge on any atom is 0.276 e. The summed E-state index contributed by atoms with van der Waals surface area (Å²) in [7, 11) is 0. The minimum atomic E-state index is -0.494. The number of halogens is 2. The Morgan fingerprint density at radius 3 is 2.77 bits per heavy atom. The molecule has 22 heavy (non-hydrogen) atoms. The second kappa shape index (κ2) is 6.21. The van der Waals surface area contributed by atoms with Gasteiger partial charge in [0, 0.05) is 16.0 Å². The van der Waals surface area contributed by atoms with Gasteiger partial charge in [0.05, 0.1) is 11.9 Å².